The van der Waals surface area contributed by atoms with E-state index in [1.54, 1.807) is 17.0 Å². The fourth-order valence-corrected chi connectivity index (χ4v) is 3.99. The molecule has 0 bridgehead atoms. The van der Waals surface area contributed by atoms with Crippen LogP contribution in [-0.2, 0) is 9.59 Å². The third-order valence-electron chi connectivity index (χ3n) is 5.20. The van der Waals surface area contributed by atoms with E-state index in [4.69, 9.17) is 0 Å². The largest absolute Gasteiger partial charge is 0.294 e. The Balaban J connectivity index is 1.81. The monoisotopic (exact) mass is 362 g/mol. The predicted molar refractivity (Wildman–Crippen MR) is 100 cm³/mol. The standard InChI is InChI=1S/C21H18N2O4/c24-19-8-4-7-18-21(19)17(14-5-2-1-3-6-14)13-20(25)22(18)15-9-11-16(12-10-15)23(26)27/h1-3,5-6,9-12,17H,4,7-8,13H2. The van der Waals surface area contributed by atoms with Gasteiger partial charge in [-0.1, -0.05) is 30.3 Å². The number of carbonyl (C=O) groups excluding carboxylic acids is 2. The van der Waals surface area contributed by atoms with Crippen LogP contribution in [0.1, 0.15) is 37.2 Å². The van der Waals surface area contributed by atoms with Crippen molar-refractivity contribution in [3.63, 3.8) is 0 Å². The van der Waals surface area contributed by atoms with Crippen molar-refractivity contribution >= 4 is 23.1 Å². The minimum Gasteiger partial charge on any atom is -0.294 e. The molecule has 2 aromatic carbocycles. The molecule has 136 valence electrons. The van der Waals surface area contributed by atoms with Crippen LogP contribution in [0.15, 0.2) is 65.9 Å². The van der Waals surface area contributed by atoms with Crippen LogP contribution in [0.2, 0.25) is 0 Å². The lowest BCUT2D eigenvalue weighted by Gasteiger charge is -2.38. The van der Waals surface area contributed by atoms with Gasteiger partial charge in [0.2, 0.25) is 5.91 Å². The van der Waals surface area contributed by atoms with Gasteiger partial charge in [0.25, 0.3) is 5.69 Å². The van der Waals surface area contributed by atoms with Crippen molar-refractivity contribution in [2.45, 2.75) is 31.6 Å². The zero-order chi connectivity index (χ0) is 19.0. The van der Waals surface area contributed by atoms with Gasteiger partial charge in [0.05, 0.1) is 4.92 Å². The molecule has 0 spiro atoms. The number of nitro benzene ring substituents is 1. The number of hydrogen-bond donors (Lipinski definition) is 0. The van der Waals surface area contributed by atoms with E-state index in [1.165, 1.54) is 12.1 Å². The second-order valence-corrected chi connectivity index (χ2v) is 6.81. The maximum absolute atomic E-state index is 13.0. The molecule has 0 saturated heterocycles. The summed E-state index contributed by atoms with van der Waals surface area (Å²) >= 11 is 0. The van der Waals surface area contributed by atoms with Crippen LogP contribution < -0.4 is 4.90 Å². The molecule has 6 heteroatoms. The van der Waals surface area contributed by atoms with E-state index in [9.17, 15) is 19.7 Å². The smallest absolute Gasteiger partial charge is 0.269 e. The van der Waals surface area contributed by atoms with Crippen molar-refractivity contribution in [1.29, 1.82) is 0 Å². The second kappa shape index (κ2) is 6.79. The number of hydrogen-bond acceptors (Lipinski definition) is 4. The highest BCUT2D eigenvalue weighted by molar-refractivity contribution is 6.07. The van der Waals surface area contributed by atoms with E-state index in [2.05, 4.69) is 0 Å². The first kappa shape index (κ1) is 17.1. The number of Topliss-reactive ketones (excluding diaryl/α,β-unsaturated/α-hetero) is 1. The van der Waals surface area contributed by atoms with Gasteiger partial charge in [0.15, 0.2) is 5.78 Å². The van der Waals surface area contributed by atoms with E-state index < -0.39 is 4.92 Å². The Kier molecular flexibility index (Phi) is 4.32. The van der Waals surface area contributed by atoms with Crippen LogP contribution in [0.25, 0.3) is 0 Å². The Labute approximate surface area is 156 Å². The van der Waals surface area contributed by atoms with Crippen LogP contribution in [-0.4, -0.2) is 16.6 Å². The number of nitro groups is 1. The van der Waals surface area contributed by atoms with Crippen LogP contribution >= 0.6 is 0 Å². The lowest BCUT2D eigenvalue weighted by molar-refractivity contribution is -0.384. The fraction of sp³-hybridized carbons (Fsp3) is 0.238. The maximum atomic E-state index is 13.0. The third kappa shape index (κ3) is 3.03. The molecule has 0 saturated carbocycles. The molecule has 4 rings (SSSR count). The van der Waals surface area contributed by atoms with E-state index in [-0.39, 0.29) is 29.7 Å². The molecular weight excluding hydrogens is 344 g/mol. The van der Waals surface area contributed by atoms with Crippen molar-refractivity contribution in [3.8, 4) is 0 Å². The van der Waals surface area contributed by atoms with Crippen LogP contribution in [0.3, 0.4) is 0 Å². The van der Waals surface area contributed by atoms with Crippen LogP contribution in [0.4, 0.5) is 11.4 Å². The van der Waals surface area contributed by atoms with Crippen molar-refractivity contribution < 1.29 is 14.5 Å². The Morgan fingerprint density at radius 3 is 2.33 bits per heavy atom. The van der Waals surface area contributed by atoms with Gasteiger partial charge in [-0.25, -0.2) is 0 Å². The Morgan fingerprint density at radius 1 is 0.963 bits per heavy atom. The van der Waals surface area contributed by atoms with Gasteiger partial charge in [-0.05, 0) is 30.5 Å². The average molecular weight is 362 g/mol. The number of nitrogens with zero attached hydrogens (tertiary/aromatic N) is 2. The van der Waals surface area contributed by atoms with Gasteiger partial charge in [-0.2, -0.15) is 0 Å². The lowest BCUT2D eigenvalue weighted by atomic mass is 9.77. The number of amides is 1. The number of benzene rings is 2. The van der Waals surface area contributed by atoms with Crippen LogP contribution in [0.5, 0.6) is 0 Å². The maximum Gasteiger partial charge on any atom is 0.269 e. The minimum atomic E-state index is -0.470. The second-order valence-electron chi connectivity index (χ2n) is 6.81. The van der Waals surface area contributed by atoms with E-state index >= 15 is 0 Å². The number of anilines is 1. The quantitative estimate of drug-likeness (QED) is 0.607. The summed E-state index contributed by atoms with van der Waals surface area (Å²) in [7, 11) is 0. The molecule has 27 heavy (non-hydrogen) atoms. The summed E-state index contributed by atoms with van der Waals surface area (Å²) in [5.74, 6) is -0.230. The highest BCUT2D eigenvalue weighted by Gasteiger charge is 2.39. The van der Waals surface area contributed by atoms with Gasteiger partial charge in [0, 0.05) is 47.8 Å². The predicted octanol–water partition coefficient (Wildman–Crippen LogP) is 4.12. The molecule has 0 aromatic heterocycles. The topological polar surface area (TPSA) is 80.5 Å². The van der Waals surface area contributed by atoms with Gasteiger partial charge >= 0.3 is 0 Å². The van der Waals surface area contributed by atoms with Gasteiger partial charge < -0.3 is 0 Å². The van der Waals surface area contributed by atoms with E-state index in [1.807, 2.05) is 30.3 Å². The normalized spacial score (nSPS) is 19.9. The average Bonchev–Trinajstić information content (AvgIpc) is 2.68. The summed E-state index contributed by atoms with van der Waals surface area (Å²) < 4.78 is 0. The number of carbonyl (C=O) groups is 2. The summed E-state index contributed by atoms with van der Waals surface area (Å²) in [4.78, 5) is 37.8. The molecule has 0 fully saturated rings. The highest BCUT2D eigenvalue weighted by Crippen LogP contribution is 2.43. The van der Waals surface area contributed by atoms with Crippen LogP contribution in [0, 0.1) is 10.1 Å². The minimum absolute atomic E-state index is 0.0284. The first-order valence-corrected chi connectivity index (χ1v) is 8.95. The molecule has 1 aliphatic heterocycles. The zero-order valence-corrected chi connectivity index (χ0v) is 14.6. The molecule has 1 aliphatic carbocycles. The molecule has 1 atom stereocenters. The molecule has 0 N–H and O–H groups in total. The van der Waals surface area contributed by atoms with E-state index in [0.29, 0.717) is 30.5 Å². The SMILES string of the molecule is O=C1CCCC2=C1C(c1ccccc1)CC(=O)N2c1ccc([N+](=O)[O-])cc1. The molecule has 1 amide bonds. The zero-order valence-electron chi connectivity index (χ0n) is 14.6. The molecule has 0 radical (unpaired) electrons. The third-order valence-corrected chi connectivity index (χ3v) is 5.20. The Bertz CT molecular complexity index is 948. The molecule has 1 unspecified atom stereocenters. The van der Waals surface area contributed by atoms with Gasteiger partial charge in [-0.3, -0.25) is 24.6 Å². The fourth-order valence-electron chi connectivity index (χ4n) is 3.99. The van der Waals surface area contributed by atoms with Crippen molar-refractivity contribution in [3.05, 3.63) is 81.5 Å². The van der Waals surface area contributed by atoms with Crippen molar-refractivity contribution in [2.24, 2.45) is 0 Å². The summed E-state index contributed by atoms with van der Waals surface area (Å²) in [6.45, 7) is 0. The van der Waals surface area contributed by atoms with Crippen molar-refractivity contribution in [1.82, 2.24) is 0 Å². The Morgan fingerprint density at radius 2 is 1.67 bits per heavy atom. The van der Waals surface area contributed by atoms with Gasteiger partial charge in [-0.15, -0.1) is 0 Å². The molecule has 6 nitrogen and oxygen atoms in total. The summed E-state index contributed by atoms with van der Waals surface area (Å²) in [6, 6.07) is 15.6. The lowest BCUT2D eigenvalue weighted by Crippen LogP contribution is -2.40. The number of rotatable bonds is 3. The summed E-state index contributed by atoms with van der Waals surface area (Å²) in [5.41, 5.74) is 2.96. The molecule has 2 aliphatic rings. The molecular formula is C21H18N2O4. The van der Waals surface area contributed by atoms with Crippen molar-refractivity contribution in [2.75, 3.05) is 4.90 Å². The molecule has 2 aromatic rings. The molecule has 1 heterocycles. The number of non-ortho nitro benzene ring substituents is 1. The summed E-state index contributed by atoms with van der Waals surface area (Å²) in [6.07, 6.45) is 2.05. The summed E-state index contributed by atoms with van der Waals surface area (Å²) in [5, 5.41) is 10.9. The first-order valence-electron chi connectivity index (χ1n) is 8.95. The first-order chi connectivity index (χ1) is 13.1. The Hall–Kier alpha value is -3.28. The highest BCUT2D eigenvalue weighted by atomic mass is 16.6. The number of allylic oxidation sites excluding steroid dienone is 2. The van der Waals surface area contributed by atoms with Gasteiger partial charge in [0.1, 0.15) is 0 Å². The number of ketones is 1. The van der Waals surface area contributed by atoms with E-state index in [0.717, 1.165) is 11.3 Å².